The van der Waals surface area contributed by atoms with Gasteiger partial charge in [0.15, 0.2) is 5.82 Å². The quantitative estimate of drug-likeness (QED) is 0.863. The van der Waals surface area contributed by atoms with Crippen LogP contribution in [0.2, 0.25) is 0 Å². The third kappa shape index (κ3) is 2.49. The van der Waals surface area contributed by atoms with E-state index in [1.54, 1.807) is 24.8 Å². The predicted octanol–water partition coefficient (Wildman–Crippen LogP) is 1.75. The third-order valence-electron chi connectivity index (χ3n) is 3.06. The smallest absolute Gasteiger partial charge is 0.185 e. The van der Waals surface area contributed by atoms with E-state index in [1.165, 1.54) is 6.07 Å². The van der Waals surface area contributed by atoms with Crippen LogP contribution in [-0.2, 0) is 10.3 Å². The molecule has 0 spiro atoms. The van der Waals surface area contributed by atoms with Gasteiger partial charge in [0.2, 0.25) is 0 Å². The van der Waals surface area contributed by atoms with Gasteiger partial charge in [-0.25, -0.2) is 9.07 Å². The number of nitrogens with zero attached hydrogens (tertiary/aromatic N) is 4. The molecule has 0 aliphatic heterocycles. The molecule has 0 atom stereocenters. The summed E-state index contributed by atoms with van der Waals surface area (Å²) in [6.07, 6.45) is 0. The molecule has 7 heteroatoms. The molecular weight excluding hydrogens is 261 g/mol. The summed E-state index contributed by atoms with van der Waals surface area (Å²) in [6.45, 7) is 5.87. The molecule has 0 fully saturated rings. The maximum Gasteiger partial charge on any atom is 0.185 e. The van der Waals surface area contributed by atoms with E-state index in [-0.39, 0.29) is 11.4 Å². The maximum atomic E-state index is 14.3. The van der Waals surface area contributed by atoms with Crippen LogP contribution < -0.4 is 5.73 Å². The predicted molar refractivity (Wildman–Crippen MR) is 73.6 cm³/mol. The maximum absolute atomic E-state index is 14.3. The van der Waals surface area contributed by atoms with Crippen molar-refractivity contribution in [3.8, 4) is 11.4 Å². The minimum absolute atomic E-state index is 0.289. The van der Waals surface area contributed by atoms with Crippen molar-refractivity contribution in [3.63, 3.8) is 0 Å². The zero-order chi connectivity index (χ0) is 14.9. The standard InChI is InChI=1S/C13H18FN5O/c1-8-5-9(15)6-10(11(8)14)12-16-17-18-19(12)13(2,3)7-20-4/h5-6H,7,15H2,1-4H3. The first-order chi connectivity index (χ1) is 9.36. The van der Waals surface area contributed by atoms with Crippen LogP contribution in [0.25, 0.3) is 11.4 Å². The molecule has 6 nitrogen and oxygen atoms in total. The van der Waals surface area contributed by atoms with Crippen molar-refractivity contribution >= 4 is 5.69 Å². The van der Waals surface area contributed by atoms with Gasteiger partial charge >= 0.3 is 0 Å². The van der Waals surface area contributed by atoms with Gasteiger partial charge in [0.05, 0.1) is 17.7 Å². The molecule has 0 bridgehead atoms. The van der Waals surface area contributed by atoms with E-state index in [0.717, 1.165) is 0 Å². The van der Waals surface area contributed by atoms with Crippen LogP contribution in [0.15, 0.2) is 12.1 Å². The Hall–Kier alpha value is -2.02. The number of hydrogen-bond acceptors (Lipinski definition) is 5. The minimum Gasteiger partial charge on any atom is -0.399 e. The number of tetrazole rings is 1. The van der Waals surface area contributed by atoms with Gasteiger partial charge in [-0.05, 0) is 48.9 Å². The number of benzene rings is 1. The summed E-state index contributed by atoms with van der Waals surface area (Å²) in [7, 11) is 1.59. The van der Waals surface area contributed by atoms with Gasteiger partial charge in [0.1, 0.15) is 5.82 Å². The molecule has 0 amide bonds. The molecule has 2 N–H and O–H groups in total. The van der Waals surface area contributed by atoms with E-state index in [9.17, 15) is 4.39 Å². The summed E-state index contributed by atoms with van der Waals surface area (Å²) < 4.78 is 21.0. The van der Waals surface area contributed by atoms with Crippen molar-refractivity contribution in [1.82, 2.24) is 20.2 Å². The first kappa shape index (κ1) is 14.4. The number of nitrogen functional groups attached to an aromatic ring is 1. The van der Waals surface area contributed by atoms with Gasteiger partial charge in [0, 0.05) is 12.8 Å². The Morgan fingerprint density at radius 2 is 2.10 bits per heavy atom. The number of aryl methyl sites for hydroxylation is 1. The molecule has 2 rings (SSSR count). The van der Waals surface area contributed by atoms with Crippen molar-refractivity contribution in [3.05, 3.63) is 23.5 Å². The molecule has 2 aromatic rings. The van der Waals surface area contributed by atoms with Crippen LogP contribution in [0.5, 0.6) is 0 Å². The molecular formula is C13H18FN5O. The van der Waals surface area contributed by atoms with Crippen molar-refractivity contribution in [2.24, 2.45) is 0 Å². The largest absolute Gasteiger partial charge is 0.399 e. The summed E-state index contributed by atoms with van der Waals surface area (Å²) in [5.74, 6) is -0.0385. The van der Waals surface area contributed by atoms with Crippen LogP contribution in [-0.4, -0.2) is 33.9 Å². The second-order valence-electron chi connectivity index (χ2n) is 5.36. The van der Waals surface area contributed by atoms with Gasteiger partial charge in [-0.3, -0.25) is 0 Å². The highest BCUT2D eigenvalue weighted by atomic mass is 19.1. The molecule has 0 saturated carbocycles. The molecule has 1 aromatic heterocycles. The SMILES string of the molecule is COCC(C)(C)n1nnnc1-c1cc(N)cc(C)c1F. The number of aromatic nitrogens is 4. The van der Waals surface area contributed by atoms with Gasteiger partial charge in [-0.2, -0.15) is 0 Å². The molecule has 0 aliphatic rings. The molecule has 20 heavy (non-hydrogen) atoms. The summed E-state index contributed by atoms with van der Waals surface area (Å²) in [5.41, 5.74) is 6.50. The average molecular weight is 279 g/mol. The van der Waals surface area contributed by atoms with Gasteiger partial charge in [0.25, 0.3) is 0 Å². The molecule has 108 valence electrons. The van der Waals surface area contributed by atoms with Crippen LogP contribution in [0.4, 0.5) is 10.1 Å². The average Bonchev–Trinajstić information content (AvgIpc) is 2.83. The topological polar surface area (TPSA) is 78.8 Å². The highest BCUT2D eigenvalue weighted by molar-refractivity contribution is 5.63. The fraction of sp³-hybridized carbons (Fsp3) is 0.462. The molecule has 1 aromatic carbocycles. The lowest BCUT2D eigenvalue weighted by molar-refractivity contribution is 0.101. The normalized spacial score (nSPS) is 11.8. The highest BCUT2D eigenvalue weighted by Crippen LogP contribution is 2.28. The van der Waals surface area contributed by atoms with Crippen molar-refractivity contribution < 1.29 is 9.13 Å². The number of hydrogen-bond donors (Lipinski definition) is 1. The van der Waals surface area contributed by atoms with E-state index in [1.807, 2.05) is 13.8 Å². The lowest BCUT2D eigenvalue weighted by Gasteiger charge is -2.24. The summed E-state index contributed by atoms with van der Waals surface area (Å²) >= 11 is 0. The number of nitrogens with two attached hydrogens (primary N) is 1. The molecule has 1 heterocycles. The van der Waals surface area contributed by atoms with Crippen LogP contribution in [0, 0.1) is 12.7 Å². The Bertz CT molecular complexity index is 623. The molecule has 0 saturated heterocycles. The van der Waals surface area contributed by atoms with E-state index < -0.39 is 5.54 Å². The van der Waals surface area contributed by atoms with Crippen LogP contribution in [0.3, 0.4) is 0 Å². The molecule has 0 aliphatic carbocycles. The summed E-state index contributed by atoms with van der Waals surface area (Å²) in [6, 6.07) is 3.11. The number of ether oxygens (including phenoxy) is 1. The lowest BCUT2D eigenvalue weighted by atomic mass is 10.0. The first-order valence-corrected chi connectivity index (χ1v) is 6.20. The zero-order valence-corrected chi connectivity index (χ0v) is 12.0. The fourth-order valence-corrected chi connectivity index (χ4v) is 2.14. The first-order valence-electron chi connectivity index (χ1n) is 6.20. The Morgan fingerprint density at radius 3 is 2.75 bits per heavy atom. The van der Waals surface area contributed by atoms with Crippen molar-refractivity contribution in [2.45, 2.75) is 26.3 Å². The minimum atomic E-state index is -0.501. The van der Waals surface area contributed by atoms with Gasteiger partial charge in [-0.15, -0.1) is 5.10 Å². The van der Waals surface area contributed by atoms with E-state index in [4.69, 9.17) is 10.5 Å². The van der Waals surface area contributed by atoms with Crippen LogP contribution >= 0.6 is 0 Å². The number of halogens is 1. The van der Waals surface area contributed by atoms with Crippen molar-refractivity contribution in [1.29, 1.82) is 0 Å². The van der Waals surface area contributed by atoms with Crippen LogP contribution in [0.1, 0.15) is 19.4 Å². The Labute approximate surface area is 116 Å². The van der Waals surface area contributed by atoms with Gasteiger partial charge < -0.3 is 10.5 Å². The van der Waals surface area contributed by atoms with E-state index >= 15 is 0 Å². The second-order valence-corrected chi connectivity index (χ2v) is 5.36. The highest BCUT2D eigenvalue weighted by Gasteiger charge is 2.27. The second kappa shape index (κ2) is 5.16. The van der Waals surface area contributed by atoms with E-state index in [0.29, 0.717) is 23.7 Å². The number of anilines is 1. The van der Waals surface area contributed by atoms with Crippen molar-refractivity contribution in [2.75, 3.05) is 19.5 Å². The summed E-state index contributed by atoms with van der Waals surface area (Å²) in [4.78, 5) is 0. The Morgan fingerprint density at radius 1 is 1.40 bits per heavy atom. The summed E-state index contributed by atoms with van der Waals surface area (Å²) in [5, 5.41) is 11.5. The number of methoxy groups -OCH3 is 1. The lowest BCUT2D eigenvalue weighted by Crippen LogP contribution is -2.33. The zero-order valence-electron chi connectivity index (χ0n) is 12.0. The molecule has 0 radical (unpaired) electrons. The Kier molecular flexibility index (Phi) is 3.71. The Balaban J connectivity index is 2.59. The fourth-order valence-electron chi connectivity index (χ4n) is 2.14. The number of rotatable bonds is 4. The van der Waals surface area contributed by atoms with E-state index in [2.05, 4.69) is 15.5 Å². The van der Waals surface area contributed by atoms with Gasteiger partial charge in [-0.1, -0.05) is 0 Å². The molecule has 0 unspecified atom stereocenters. The third-order valence-corrected chi connectivity index (χ3v) is 3.06. The monoisotopic (exact) mass is 279 g/mol.